The first kappa shape index (κ1) is 13.5. The molecule has 1 heterocycles. The Morgan fingerprint density at radius 2 is 1.89 bits per heavy atom. The van der Waals surface area contributed by atoms with Gasteiger partial charge in [0.2, 0.25) is 5.88 Å². The lowest BCUT2D eigenvalue weighted by atomic mass is 10.1. The molecule has 4 heteroatoms. The fourth-order valence-electron chi connectivity index (χ4n) is 1.73. The average Bonchev–Trinajstić information content (AvgIpc) is 2.47. The summed E-state index contributed by atoms with van der Waals surface area (Å²) in [7, 11) is 0. The summed E-state index contributed by atoms with van der Waals surface area (Å²) < 4.78 is 5.77. The van der Waals surface area contributed by atoms with Crippen molar-refractivity contribution < 1.29 is 4.74 Å². The van der Waals surface area contributed by atoms with Crippen molar-refractivity contribution in [1.29, 1.82) is 0 Å². The van der Waals surface area contributed by atoms with Gasteiger partial charge in [0, 0.05) is 12.6 Å². The molecule has 0 saturated carbocycles. The molecule has 0 radical (unpaired) electrons. The molecular formula is C15H19N3O. The Balaban J connectivity index is 1.96. The van der Waals surface area contributed by atoms with Gasteiger partial charge in [-0.3, -0.25) is 0 Å². The Labute approximate surface area is 113 Å². The summed E-state index contributed by atoms with van der Waals surface area (Å²) >= 11 is 0. The van der Waals surface area contributed by atoms with Gasteiger partial charge in [-0.2, -0.15) is 5.10 Å². The van der Waals surface area contributed by atoms with E-state index in [-0.39, 0.29) is 6.10 Å². The third kappa shape index (κ3) is 4.03. The van der Waals surface area contributed by atoms with E-state index in [1.807, 2.05) is 49.4 Å². The summed E-state index contributed by atoms with van der Waals surface area (Å²) in [6.07, 6.45) is -0.0323. The van der Waals surface area contributed by atoms with Crippen molar-refractivity contribution in [3.63, 3.8) is 0 Å². The molecule has 1 aromatic heterocycles. The van der Waals surface area contributed by atoms with Gasteiger partial charge in [0.25, 0.3) is 0 Å². The van der Waals surface area contributed by atoms with Crippen molar-refractivity contribution in [3.8, 4) is 5.88 Å². The monoisotopic (exact) mass is 257 g/mol. The van der Waals surface area contributed by atoms with Crippen LogP contribution in [0.4, 0.5) is 0 Å². The zero-order chi connectivity index (χ0) is 13.5. The molecule has 1 unspecified atom stereocenters. The van der Waals surface area contributed by atoms with E-state index in [0.717, 1.165) is 24.3 Å². The molecule has 0 spiro atoms. The van der Waals surface area contributed by atoms with E-state index < -0.39 is 0 Å². The SMILES string of the molecule is CCNCc1ccc(OC(C)c2ccccc2)nn1. The molecular weight excluding hydrogens is 238 g/mol. The Morgan fingerprint density at radius 3 is 2.53 bits per heavy atom. The largest absolute Gasteiger partial charge is 0.469 e. The lowest BCUT2D eigenvalue weighted by molar-refractivity contribution is 0.214. The van der Waals surface area contributed by atoms with E-state index in [4.69, 9.17) is 4.74 Å². The van der Waals surface area contributed by atoms with E-state index in [9.17, 15) is 0 Å². The second-order valence-electron chi connectivity index (χ2n) is 4.31. The van der Waals surface area contributed by atoms with E-state index in [1.54, 1.807) is 0 Å². The highest BCUT2D eigenvalue weighted by atomic mass is 16.5. The van der Waals surface area contributed by atoms with E-state index >= 15 is 0 Å². The molecule has 2 aromatic rings. The van der Waals surface area contributed by atoms with E-state index in [2.05, 4.69) is 22.4 Å². The van der Waals surface area contributed by atoms with Gasteiger partial charge in [-0.1, -0.05) is 37.3 Å². The number of nitrogens with one attached hydrogen (secondary N) is 1. The third-order valence-corrected chi connectivity index (χ3v) is 2.82. The van der Waals surface area contributed by atoms with Crippen molar-refractivity contribution in [2.24, 2.45) is 0 Å². The molecule has 0 saturated heterocycles. The number of ether oxygens (including phenoxy) is 1. The quantitative estimate of drug-likeness (QED) is 0.864. The molecule has 19 heavy (non-hydrogen) atoms. The molecule has 0 amide bonds. The van der Waals surface area contributed by atoms with Crippen molar-refractivity contribution in [3.05, 3.63) is 53.7 Å². The van der Waals surface area contributed by atoms with Gasteiger partial charge in [0.15, 0.2) is 0 Å². The predicted molar refractivity (Wildman–Crippen MR) is 74.9 cm³/mol. The van der Waals surface area contributed by atoms with Crippen molar-refractivity contribution in [2.75, 3.05) is 6.54 Å². The van der Waals surface area contributed by atoms with Crippen molar-refractivity contribution in [2.45, 2.75) is 26.5 Å². The Bertz CT molecular complexity index is 485. The fraction of sp³-hybridized carbons (Fsp3) is 0.333. The highest BCUT2D eigenvalue weighted by molar-refractivity contribution is 5.19. The maximum absolute atomic E-state index is 5.77. The molecule has 1 aromatic carbocycles. The number of aromatic nitrogens is 2. The van der Waals surface area contributed by atoms with Gasteiger partial charge in [-0.15, -0.1) is 5.10 Å². The minimum Gasteiger partial charge on any atom is -0.469 e. The number of hydrogen-bond donors (Lipinski definition) is 1. The maximum atomic E-state index is 5.77. The van der Waals surface area contributed by atoms with Crippen LogP contribution in [0.25, 0.3) is 0 Å². The minimum absolute atomic E-state index is 0.0323. The normalized spacial score (nSPS) is 12.1. The highest BCUT2D eigenvalue weighted by Gasteiger charge is 2.07. The first-order valence-corrected chi connectivity index (χ1v) is 6.54. The number of nitrogens with zero attached hydrogens (tertiary/aromatic N) is 2. The minimum atomic E-state index is -0.0323. The standard InChI is InChI=1S/C15H19N3O/c1-3-16-11-14-9-10-15(18-17-14)19-12(2)13-7-5-4-6-8-13/h4-10,12,16H,3,11H2,1-2H3. The van der Waals surface area contributed by atoms with Crippen LogP contribution in [0.1, 0.15) is 31.2 Å². The van der Waals surface area contributed by atoms with Crippen LogP contribution in [-0.2, 0) is 6.54 Å². The summed E-state index contributed by atoms with van der Waals surface area (Å²) in [5.41, 5.74) is 2.04. The van der Waals surface area contributed by atoms with Crippen LogP contribution in [-0.4, -0.2) is 16.7 Å². The molecule has 0 aliphatic carbocycles. The number of benzene rings is 1. The van der Waals surface area contributed by atoms with Gasteiger partial charge >= 0.3 is 0 Å². The third-order valence-electron chi connectivity index (χ3n) is 2.82. The molecule has 4 nitrogen and oxygen atoms in total. The van der Waals surface area contributed by atoms with E-state index in [1.165, 1.54) is 0 Å². The molecule has 2 rings (SSSR count). The molecule has 100 valence electrons. The van der Waals surface area contributed by atoms with Gasteiger partial charge in [0.1, 0.15) is 6.10 Å². The highest BCUT2D eigenvalue weighted by Crippen LogP contribution is 2.18. The van der Waals surface area contributed by atoms with Gasteiger partial charge in [-0.05, 0) is 25.1 Å². The molecule has 0 bridgehead atoms. The molecule has 0 fully saturated rings. The number of hydrogen-bond acceptors (Lipinski definition) is 4. The lowest BCUT2D eigenvalue weighted by Crippen LogP contribution is -2.13. The van der Waals surface area contributed by atoms with Crippen LogP contribution in [0, 0.1) is 0 Å². The van der Waals surface area contributed by atoms with Crippen LogP contribution >= 0.6 is 0 Å². The van der Waals surface area contributed by atoms with Gasteiger partial charge in [0.05, 0.1) is 5.69 Å². The smallest absolute Gasteiger partial charge is 0.233 e. The zero-order valence-electron chi connectivity index (χ0n) is 11.3. The first-order chi connectivity index (χ1) is 9.29. The maximum Gasteiger partial charge on any atom is 0.233 e. The van der Waals surface area contributed by atoms with Crippen LogP contribution < -0.4 is 10.1 Å². The van der Waals surface area contributed by atoms with Crippen LogP contribution in [0.5, 0.6) is 5.88 Å². The molecule has 0 aliphatic rings. The lowest BCUT2D eigenvalue weighted by Gasteiger charge is -2.13. The summed E-state index contributed by atoms with van der Waals surface area (Å²) in [6, 6.07) is 13.9. The second-order valence-corrected chi connectivity index (χ2v) is 4.31. The van der Waals surface area contributed by atoms with Crippen LogP contribution in [0.2, 0.25) is 0 Å². The predicted octanol–water partition coefficient (Wildman–Crippen LogP) is 2.73. The molecule has 1 atom stereocenters. The molecule has 0 aliphatic heterocycles. The van der Waals surface area contributed by atoms with Gasteiger partial charge in [-0.25, -0.2) is 0 Å². The van der Waals surface area contributed by atoms with Crippen molar-refractivity contribution >= 4 is 0 Å². The summed E-state index contributed by atoms with van der Waals surface area (Å²) in [6.45, 7) is 5.72. The van der Waals surface area contributed by atoms with Crippen LogP contribution in [0.3, 0.4) is 0 Å². The van der Waals surface area contributed by atoms with Crippen LogP contribution in [0.15, 0.2) is 42.5 Å². The summed E-state index contributed by atoms with van der Waals surface area (Å²) in [4.78, 5) is 0. The Kier molecular flexibility index (Phi) is 4.86. The summed E-state index contributed by atoms with van der Waals surface area (Å²) in [5.74, 6) is 0.552. The average molecular weight is 257 g/mol. The van der Waals surface area contributed by atoms with Gasteiger partial charge < -0.3 is 10.1 Å². The Morgan fingerprint density at radius 1 is 1.11 bits per heavy atom. The first-order valence-electron chi connectivity index (χ1n) is 6.54. The molecule has 1 N–H and O–H groups in total. The van der Waals surface area contributed by atoms with Crippen molar-refractivity contribution in [1.82, 2.24) is 15.5 Å². The van der Waals surface area contributed by atoms with E-state index in [0.29, 0.717) is 5.88 Å². The topological polar surface area (TPSA) is 47.0 Å². The number of rotatable bonds is 6. The second kappa shape index (κ2) is 6.85. The zero-order valence-corrected chi connectivity index (χ0v) is 11.3. The Hall–Kier alpha value is -1.94. The fourth-order valence-corrected chi connectivity index (χ4v) is 1.73. The summed E-state index contributed by atoms with van der Waals surface area (Å²) in [5, 5.41) is 11.4.